The molecule has 1 heterocycles. The van der Waals surface area contributed by atoms with Gasteiger partial charge < -0.3 is 20.1 Å². The molecule has 0 aliphatic carbocycles. The summed E-state index contributed by atoms with van der Waals surface area (Å²) in [6.07, 6.45) is 0. The third-order valence-corrected chi connectivity index (χ3v) is 4.35. The second-order valence-electron chi connectivity index (χ2n) is 5.97. The maximum atomic E-state index is 6.20. The Morgan fingerprint density at radius 3 is 1.96 bits per heavy atom. The van der Waals surface area contributed by atoms with Gasteiger partial charge in [-0.3, -0.25) is 0 Å². The van der Waals surface area contributed by atoms with E-state index in [2.05, 4.69) is 20.6 Å². The molecule has 27 heavy (non-hydrogen) atoms. The van der Waals surface area contributed by atoms with Gasteiger partial charge in [0.2, 0.25) is 0 Å². The normalized spacial score (nSPS) is 10.4. The highest BCUT2D eigenvalue weighted by atomic mass is 35.5. The largest absolute Gasteiger partial charge is 0.493 e. The monoisotopic (exact) mass is 384 g/mol. The van der Waals surface area contributed by atoms with Crippen molar-refractivity contribution in [1.29, 1.82) is 0 Å². The van der Waals surface area contributed by atoms with E-state index in [1.165, 1.54) is 0 Å². The van der Waals surface area contributed by atoms with E-state index in [-0.39, 0.29) is 0 Å². The van der Waals surface area contributed by atoms with Crippen molar-refractivity contribution in [2.75, 3.05) is 24.9 Å². The number of methoxy groups -OCH3 is 2. The van der Waals surface area contributed by atoms with Crippen molar-refractivity contribution in [3.05, 3.63) is 58.9 Å². The summed E-state index contributed by atoms with van der Waals surface area (Å²) >= 11 is 6.20. The van der Waals surface area contributed by atoms with Gasteiger partial charge in [-0.05, 0) is 43.7 Å². The summed E-state index contributed by atoms with van der Waals surface area (Å²) in [5, 5.41) is 7.23. The number of aromatic nitrogens is 2. The van der Waals surface area contributed by atoms with Gasteiger partial charge >= 0.3 is 0 Å². The molecule has 0 spiro atoms. The van der Waals surface area contributed by atoms with E-state index in [0.29, 0.717) is 34.0 Å². The Morgan fingerprint density at radius 2 is 1.37 bits per heavy atom. The number of rotatable bonds is 6. The summed E-state index contributed by atoms with van der Waals surface area (Å²) < 4.78 is 10.6. The van der Waals surface area contributed by atoms with Gasteiger partial charge in [-0.25, -0.2) is 9.97 Å². The number of ether oxygens (including phenoxy) is 2. The zero-order valence-corrected chi connectivity index (χ0v) is 16.4. The van der Waals surface area contributed by atoms with Crippen LogP contribution in [0.15, 0.2) is 42.5 Å². The molecule has 0 saturated carbocycles. The number of hydrogen-bond donors (Lipinski definition) is 2. The van der Waals surface area contributed by atoms with Gasteiger partial charge in [-0.2, -0.15) is 0 Å². The molecule has 0 unspecified atom stereocenters. The van der Waals surface area contributed by atoms with Crippen molar-refractivity contribution in [3.8, 4) is 11.5 Å². The highest BCUT2D eigenvalue weighted by molar-refractivity contribution is 6.31. The first-order valence-electron chi connectivity index (χ1n) is 8.36. The van der Waals surface area contributed by atoms with E-state index in [0.717, 1.165) is 16.9 Å². The zero-order valence-electron chi connectivity index (χ0n) is 15.6. The second kappa shape index (κ2) is 8.14. The van der Waals surface area contributed by atoms with Crippen LogP contribution in [0.3, 0.4) is 0 Å². The number of nitrogens with zero attached hydrogens (tertiary/aromatic N) is 2. The van der Waals surface area contributed by atoms with Crippen LogP contribution >= 0.6 is 11.6 Å². The lowest BCUT2D eigenvalue weighted by Gasteiger charge is -2.13. The fraction of sp³-hybridized carbons (Fsp3) is 0.200. The Kier molecular flexibility index (Phi) is 5.66. The molecule has 7 heteroatoms. The van der Waals surface area contributed by atoms with Crippen LogP contribution in [0.1, 0.15) is 11.4 Å². The summed E-state index contributed by atoms with van der Waals surface area (Å²) in [5.41, 5.74) is 2.72. The lowest BCUT2D eigenvalue weighted by molar-refractivity contribution is 0.355. The van der Waals surface area contributed by atoms with Gasteiger partial charge in [0.15, 0.2) is 11.5 Å². The number of aryl methyl sites for hydroxylation is 2. The van der Waals surface area contributed by atoms with Crippen LogP contribution in [-0.2, 0) is 0 Å². The zero-order chi connectivity index (χ0) is 19.4. The molecule has 6 nitrogen and oxygen atoms in total. The molecule has 0 saturated heterocycles. The first-order valence-corrected chi connectivity index (χ1v) is 8.74. The van der Waals surface area contributed by atoms with Gasteiger partial charge in [0.1, 0.15) is 17.5 Å². The van der Waals surface area contributed by atoms with Crippen LogP contribution in [0, 0.1) is 13.8 Å². The topological polar surface area (TPSA) is 68.3 Å². The van der Waals surface area contributed by atoms with Gasteiger partial charge in [-0.1, -0.05) is 17.7 Å². The molecule has 0 radical (unpaired) electrons. The molecule has 1 aromatic heterocycles. The average Bonchev–Trinajstić information content (AvgIpc) is 2.64. The van der Waals surface area contributed by atoms with Crippen LogP contribution in [-0.4, -0.2) is 24.2 Å². The molecule has 0 atom stereocenters. The van der Waals surface area contributed by atoms with Gasteiger partial charge in [0.25, 0.3) is 0 Å². The van der Waals surface area contributed by atoms with E-state index in [1.54, 1.807) is 14.2 Å². The van der Waals surface area contributed by atoms with Crippen molar-refractivity contribution in [3.63, 3.8) is 0 Å². The maximum absolute atomic E-state index is 6.20. The Balaban J connectivity index is 1.84. The quantitative estimate of drug-likeness (QED) is 0.604. The molecular formula is C20H21ClN4O2. The molecule has 2 aromatic carbocycles. The predicted octanol–water partition coefficient (Wildman–Crippen LogP) is 5.25. The summed E-state index contributed by atoms with van der Waals surface area (Å²) in [4.78, 5) is 8.87. The Bertz CT molecular complexity index is 963. The van der Waals surface area contributed by atoms with Crippen LogP contribution in [0.5, 0.6) is 11.5 Å². The van der Waals surface area contributed by atoms with Crippen molar-refractivity contribution in [1.82, 2.24) is 9.97 Å². The second-order valence-corrected chi connectivity index (χ2v) is 6.38. The van der Waals surface area contributed by atoms with Crippen LogP contribution < -0.4 is 20.1 Å². The summed E-state index contributed by atoms with van der Waals surface area (Å²) in [6.45, 7) is 3.80. The number of halogens is 1. The van der Waals surface area contributed by atoms with E-state index >= 15 is 0 Å². The molecule has 0 amide bonds. The Labute approximate surface area is 163 Å². The molecule has 0 aliphatic rings. The average molecular weight is 385 g/mol. The standard InChI is InChI=1S/C20H21ClN4O2/c1-12-5-6-14(9-16(12)21)24-19-11-20(23-13(2)22-19)25-15-7-8-17(26-3)18(10-15)27-4/h5-11H,1-4H3,(H2,22,23,24,25). The van der Waals surface area contributed by atoms with Crippen molar-refractivity contribution < 1.29 is 9.47 Å². The maximum Gasteiger partial charge on any atom is 0.162 e. The molecule has 0 fully saturated rings. The van der Waals surface area contributed by atoms with E-state index in [1.807, 2.05) is 56.3 Å². The van der Waals surface area contributed by atoms with Crippen molar-refractivity contribution in [2.45, 2.75) is 13.8 Å². The number of nitrogens with one attached hydrogen (secondary N) is 2. The first kappa shape index (κ1) is 18.8. The van der Waals surface area contributed by atoms with Gasteiger partial charge in [0, 0.05) is 28.5 Å². The summed E-state index contributed by atoms with van der Waals surface area (Å²) in [7, 11) is 3.21. The van der Waals surface area contributed by atoms with Gasteiger partial charge in [0.05, 0.1) is 14.2 Å². The molecule has 3 aromatic rings. The molecule has 140 valence electrons. The predicted molar refractivity (Wildman–Crippen MR) is 109 cm³/mol. The minimum Gasteiger partial charge on any atom is -0.493 e. The SMILES string of the molecule is COc1ccc(Nc2cc(Nc3ccc(C)c(Cl)c3)nc(C)n2)cc1OC. The minimum absolute atomic E-state index is 0.640. The van der Waals surface area contributed by atoms with Gasteiger partial charge in [-0.15, -0.1) is 0 Å². The number of hydrogen-bond acceptors (Lipinski definition) is 6. The van der Waals surface area contributed by atoms with Crippen LogP contribution in [0.2, 0.25) is 5.02 Å². The number of benzene rings is 2. The lowest BCUT2D eigenvalue weighted by atomic mass is 10.2. The van der Waals surface area contributed by atoms with Crippen LogP contribution in [0.25, 0.3) is 0 Å². The Morgan fingerprint density at radius 1 is 0.778 bits per heavy atom. The van der Waals surface area contributed by atoms with Crippen LogP contribution in [0.4, 0.5) is 23.0 Å². The smallest absolute Gasteiger partial charge is 0.162 e. The third-order valence-electron chi connectivity index (χ3n) is 3.94. The number of anilines is 4. The van der Waals surface area contributed by atoms with E-state index in [4.69, 9.17) is 21.1 Å². The van der Waals surface area contributed by atoms with E-state index in [9.17, 15) is 0 Å². The highest BCUT2D eigenvalue weighted by Gasteiger charge is 2.08. The van der Waals surface area contributed by atoms with E-state index < -0.39 is 0 Å². The Hall–Kier alpha value is -2.99. The summed E-state index contributed by atoms with van der Waals surface area (Å²) in [6, 6.07) is 13.2. The highest BCUT2D eigenvalue weighted by Crippen LogP contribution is 2.31. The molecular weight excluding hydrogens is 364 g/mol. The first-order chi connectivity index (χ1) is 13.0. The molecule has 0 bridgehead atoms. The third kappa shape index (κ3) is 4.60. The fourth-order valence-electron chi connectivity index (χ4n) is 2.58. The van der Waals surface area contributed by atoms with Crippen molar-refractivity contribution >= 4 is 34.6 Å². The molecule has 2 N–H and O–H groups in total. The summed E-state index contributed by atoms with van der Waals surface area (Å²) in [5.74, 6) is 3.28. The lowest BCUT2D eigenvalue weighted by Crippen LogP contribution is -2.02. The molecule has 3 rings (SSSR count). The fourth-order valence-corrected chi connectivity index (χ4v) is 2.76. The minimum atomic E-state index is 0.640. The van der Waals surface area contributed by atoms with Crippen molar-refractivity contribution in [2.24, 2.45) is 0 Å². The molecule has 0 aliphatic heterocycles.